The number of nitrogens with zero attached hydrogens (tertiary/aromatic N) is 1. The summed E-state index contributed by atoms with van der Waals surface area (Å²) in [7, 11) is -2.75. The van der Waals surface area contributed by atoms with E-state index in [4.69, 9.17) is 0 Å². The molecule has 2 rings (SSSR count). The molecule has 5 heteroatoms. The smallest absolute Gasteiger partial charge is 0.150 e. The predicted octanol–water partition coefficient (Wildman–Crippen LogP) is 1.27. The summed E-state index contributed by atoms with van der Waals surface area (Å²) in [5.41, 5.74) is 0. The minimum absolute atomic E-state index is 0.377. The van der Waals surface area contributed by atoms with Gasteiger partial charge in [0.1, 0.15) is 9.84 Å². The molecule has 0 bridgehead atoms. The van der Waals surface area contributed by atoms with E-state index in [0.717, 1.165) is 25.9 Å². The molecule has 0 amide bonds. The summed E-state index contributed by atoms with van der Waals surface area (Å²) in [5.74, 6) is 1.44. The first-order chi connectivity index (χ1) is 8.93. The third-order valence-electron chi connectivity index (χ3n) is 4.97. The number of hydrogen-bond donors (Lipinski definition) is 1. The van der Waals surface area contributed by atoms with Crippen molar-refractivity contribution in [2.24, 2.45) is 5.92 Å². The Morgan fingerprint density at radius 3 is 2.53 bits per heavy atom. The van der Waals surface area contributed by atoms with E-state index in [9.17, 15) is 8.42 Å². The molecule has 2 aliphatic rings. The fraction of sp³-hybridized carbons (Fsp3) is 1.00. The van der Waals surface area contributed by atoms with Gasteiger partial charge in [0.05, 0.1) is 11.5 Å². The highest BCUT2D eigenvalue weighted by molar-refractivity contribution is 7.91. The maximum absolute atomic E-state index is 11.5. The van der Waals surface area contributed by atoms with E-state index >= 15 is 0 Å². The van der Waals surface area contributed by atoms with Gasteiger partial charge in [0.15, 0.2) is 0 Å². The number of rotatable bonds is 3. The van der Waals surface area contributed by atoms with Crippen LogP contribution in [-0.4, -0.2) is 56.0 Å². The molecule has 2 heterocycles. The summed E-state index contributed by atoms with van der Waals surface area (Å²) in [6.45, 7) is 8.89. The van der Waals surface area contributed by atoms with Crippen LogP contribution in [0.25, 0.3) is 0 Å². The third-order valence-corrected chi connectivity index (χ3v) is 6.69. The lowest BCUT2D eigenvalue weighted by Crippen LogP contribution is -2.61. The molecule has 4 nitrogen and oxygen atoms in total. The van der Waals surface area contributed by atoms with E-state index < -0.39 is 9.84 Å². The predicted molar refractivity (Wildman–Crippen MR) is 79.1 cm³/mol. The van der Waals surface area contributed by atoms with Crippen LogP contribution in [0.2, 0.25) is 0 Å². The van der Waals surface area contributed by atoms with Crippen molar-refractivity contribution in [1.82, 2.24) is 10.2 Å². The van der Waals surface area contributed by atoms with Crippen molar-refractivity contribution in [1.29, 1.82) is 0 Å². The second kappa shape index (κ2) is 6.10. The monoisotopic (exact) mass is 288 g/mol. The van der Waals surface area contributed by atoms with Crippen LogP contribution in [0, 0.1) is 5.92 Å². The van der Waals surface area contributed by atoms with Crippen molar-refractivity contribution in [3.63, 3.8) is 0 Å². The SMILES string of the molecule is CCC(C)C1CN(C2CCS(=O)(=O)CC2)C(C)CN1. The van der Waals surface area contributed by atoms with Crippen LogP contribution in [0.4, 0.5) is 0 Å². The van der Waals surface area contributed by atoms with Crippen LogP contribution >= 0.6 is 0 Å². The highest BCUT2D eigenvalue weighted by atomic mass is 32.2. The summed E-state index contributed by atoms with van der Waals surface area (Å²) in [4.78, 5) is 2.56. The Bertz CT molecular complexity index is 382. The number of sulfone groups is 1. The molecule has 0 aliphatic carbocycles. The van der Waals surface area contributed by atoms with Crippen LogP contribution in [0.5, 0.6) is 0 Å². The van der Waals surface area contributed by atoms with Crippen LogP contribution in [0.3, 0.4) is 0 Å². The molecule has 0 radical (unpaired) electrons. The van der Waals surface area contributed by atoms with Crippen molar-refractivity contribution in [2.75, 3.05) is 24.6 Å². The Balaban J connectivity index is 1.98. The summed E-state index contributed by atoms with van der Waals surface area (Å²) in [5, 5.41) is 3.64. The van der Waals surface area contributed by atoms with Crippen molar-refractivity contribution in [2.45, 2.75) is 58.2 Å². The number of piperazine rings is 1. The quantitative estimate of drug-likeness (QED) is 0.850. The first kappa shape index (κ1) is 15.3. The summed E-state index contributed by atoms with van der Waals surface area (Å²) in [6, 6.07) is 1.54. The number of hydrogen-bond acceptors (Lipinski definition) is 4. The molecule has 112 valence electrons. The third kappa shape index (κ3) is 3.70. The zero-order valence-corrected chi connectivity index (χ0v) is 13.2. The van der Waals surface area contributed by atoms with Gasteiger partial charge in [0.2, 0.25) is 0 Å². The molecule has 3 atom stereocenters. The number of nitrogens with one attached hydrogen (secondary N) is 1. The molecule has 2 saturated heterocycles. The van der Waals surface area contributed by atoms with Crippen LogP contribution in [0.15, 0.2) is 0 Å². The molecule has 1 N–H and O–H groups in total. The van der Waals surface area contributed by atoms with Crippen molar-refractivity contribution >= 4 is 9.84 Å². The second-order valence-corrected chi connectivity index (χ2v) is 8.63. The van der Waals surface area contributed by atoms with E-state index in [-0.39, 0.29) is 0 Å². The average Bonchev–Trinajstić information content (AvgIpc) is 2.39. The van der Waals surface area contributed by atoms with Gasteiger partial charge < -0.3 is 5.32 Å². The van der Waals surface area contributed by atoms with Gasteiger partial charge in [-0.2, -0.15) is 0 Å². The minimum atomic E-state index is -2.75. The fourth-order valence-electron chi connectivity index (χ4n) is 3.29. The van der Waals surface area contributed by atoms with Crippen LogP contribution in [-0.2, 0) is 9.84 Å². The molecule has 2 fully saturated rings. The van der Waals surface area contributed by atoms with Gasteiger partial charge >= 0.3 is 0 Å². The molecule has 0 aromatic carbocycles. The van der Waals surface area contributed by atoms with Gasteiger partial charge in [-0.25, -0.2) is 8.42 Å². The molecule has 19 heavy (non-hydrogen) atoms. The highest BCUT2D eigenvalue weighted by Crippen LogP contribution is 2.24. The van der Waals surface area contributed by atoms with Crippen LogP contribution < -0.4 is 5.32 Å². The molecule has 0 aromatic rings. The second-order valence-electron chi connectivity index (χ2n) is 6.33. The molecule has 0 saturated carbocycles. The van der Waals surface area contributed by atoms with E-state index in [1.54, 1.807) is 0 Å². The van der Waals surface area contributed by atoms with Crippen molar-refractivity contribution < 1.29 is 8.42 Å². The summed E-state index contributed by atoms with van der Waals surface area (Å²) >= 11 is 0. The largest absolute Gasteiger partial charge is 0.311 e. The Morgan fingerprint density at radius 1 is 1.32 bits per heavy atom. The van der Waals surface area contributed by atoms with Crippen LogP contribution in [0.1, 0.15) is 40.0 Å². The fourth-order valence-corrected chi connectivity index (χ4v) is 4.76. The Kier molecular flexibility index (Phi) is 4.90. The van der Waals surface area contributed by atoms with E-state index in [2.05, 4.69) is 31.0 Å². The Morgan fingerprint density at radius 2 is 1.95 bits per heavy atom. The molecule has 0 aromatic heterocycles. The molecule has 2 aliphatic heterocycles. The first-order valence-electron chi connectivity index (χ1n) is 7.62. The average molecular weight is 288 g/mol. The lowest BCUT2D eigenvalue weighted by atomic mass is 9.94. The van der Waals surface area contributed by atoms with Gasteiger partial charge in [-0.15, -0.1) is 0 Å². The van der Waals surface area contributed by atoms with Gasteiger partial charge in [-0.1, -0.05) is 20.3 Å². The maximum Gasteiger partial charge on any atom is 0.150 e. The summed E-state index contributed by atoms with van der Waals surface area (Å²) < 4.78 is 23.1. The van der Waals surface area contributed by atoms with Gasteiger partial charge in [0, 0.05) is 31.2 Å². The van der Waals surface area contributed by atoms with Gasteiger partial charge in [0.25, 0.3) is 0 Å². The van der Waals surface area contributed by atoms with Gasteiger partial charge in [-0.05, 0) is 25.7 Å². The summed E-state index contributed by atoms with van der Waals surface area (Å²) in [6.07, 6.45) is 2.83. The van der Waals surface area contributed by atoms with Gasteiger partial charge in [-0.3, -0.25) is 4.90 Å². The standard InChI is InChI=1S/C14H28N2O2S/c1-4-11(2)14-10-16(12(3)9-15-14)13-5-7-19(17,18)8-6-13/h11-15H,4-10H2,1-3H3. The molecule has 3 unspecified atom stereocenters. The zero-order valence-electron chi connectivity index (χ0n) is 12.4. The minimum Gasteiger partial charge on any atom is -0.311 e. The lowest BCUT2D eigenvalue weighted by Gasteiger charge is -2.46. The molecular weight excluding hydrogens is 260 g/mol. The topological polar surface area (TPSA) is 49.4 Å². The zero-order chi connectivity index (χ0) is 14.0. The van der Waals surface area contributed by atoms with Crippen molar-refractivity contribution in [3.8, 4) is 0 Å². The Labute approximate surface area is 117 Å². The maximum atomic E-state index is 11.5. The van der Waals surface area contributed by atoms with E-state index in [1.165, 1.54) is 6.42 Å². The highest BCUT2D eigenvalue weighted by Gasteiger charge is 2.35. The van der Waals surface area contributed by atoms with E-state index in [1.807, 2.05) is 0 Å². The normalized spacial score (nSPS) is 35.1. The Hall–Kier alpha value is -0.130. The lowest BCUT2D eigenvalue weighted by molar-refractivity contribution is 0.0700. The van der Waals surface area contributed by atoms with Crippen molar-refractivity contribution in [3.05, 3.63) is 0 Å². The molecular formula is C14H28N2O2S. The van der Waals surface area contributed by atoms with E-state index in [0.29, 0.717) is 35.5 Å². The first-order valence-corrected chi connectivity index (χ1v) is 9.44. The molecule has 0 spiro atoms.